The van der Waals surface area contributed by atoms with Crippen LogP contribution in [-0.4, -0.2) is 55.5 Å². The predicted molar refractivity (Wildman–Crippen MR) is 127 cm³/mol. The Morgan fingerprint density at radius 3 is 2.74 bits per heavy atom. The van der Waals surface area contributed by atoms with Crippen LogP contribution in [0.2, 0.25) is 0 Å². The maximum atomic E-state index is 12.8. The molecule has 0 radical (unpaired) electrons. The summed E-state index contributed by atoms with van der Waals surface area (Å²) in [6.07, 6.45) is 1.65. The van der Waals surface area contributed by atoms with Crippen LogP contribution < -0.4 is 10.3 Å². The molecule has 2 aromatic carbocycles. The number of benzene rings is 2. The molecular weight excluding hydrogens is 432 g/mol. The zero-order valence-electron chi connectivity index (χ0n) is 19.0. The van der Waals surface area contributed by atoms with Crippen molar-refractivity contribution in [2.45, 2.75) is 32.2 Å². The average Bonchev–Trinajstić information content (AvgIpc) is 3.28. The van der Waals surface area contributed by atoms with Crippen LogP contribution in [0.5, 0.6) is 5.75 Å². The zero-order valence-corrected chi connectivity index (χ0v) is 19.0. The molecule has 2 aromatic heterocycles. The van der Waals surface area contributed by atoms with Crippen LogP contribution in [0.15, 0.2) is 59.4 Å². The van der Waals surface area contributed by atoms with E-state index in [1.165, 1.54) is 5.56 Å². The van der Waals surface area contributed by atoms with Crippen molar-refractivity contribution < 1.29 is 9.53 Å². The SMILES string of the molecule is Cc1ccc(Cn2nnc3c(=O)[nH]c(C4CCCN(C(=O)COc5ccccc5)C4)nc32)cc1. The number of carbonyl (C=O) groups is 1. The normalized spacial score (nSPS) is 16.0. The Bertz CT molecular complexity index is 1350. The van der Waals surface area contributed by atoms with E-state index < -0.39 is 0 Å². The molecule has 1 N–H and O–H groups in total. The van der Waals surface area contributed by atoms with E-state index in [2.05, 4.69) is 15.3 Å². The Labute approximate surface area is 196 Å². The van der Waals surface area contributed by atoms with Gasteiger partial charge >= 0.3 is 0 Å². The first-order valence-electron chi connectivity index (χ1n) is 11.4. The quantitative estimate of drug-likeness (QED) is 0.476. The third-order valence-corrected chi connectivity index (χ3v) is 6.11. The van der Waals surface area contributed by atoms with Crippen molar-refractivity contribution in [3.05, 3.63) is 81.9 Å². The van der Waals surface area contributed by atoms with Gasteiger partial charge in [-0.1, -0.05) is 53.2 Å². The third-order valence-electron chi connectivity index (χ3n) is 6.11. The number of hydrogen-bond acceptors (Lipinski definition) is 6. The van der Waals surface area contributed by atoms with Crippen molar-refractivity contribution >= 4 is 17.1 Å². The molecule has 0 aliphatic carbocycles. The highest BCUT2D eigenvalue weighted by molar-refractivity contribution is 5.78. The summed E-state index contributed by atoms with van der Waals surface area (Å²) in [6, 6.07) is 17.4. The summed E-state index contributed by atoms with van der Waals surface area (Å²) in [5.74, 6) is 1.07. The predicted octanol–water partition coefficient (Wildman–Crippen LogP) is 2.66. The largest absolute Gasteiger partial charge is 0.484 e. The summed E-state index contributed by atoms with van der Waals surface area (Å²) < 4.78 is 7.27. The van der Waals surface area contributed by atoms with Crippen LogP contribution in [0.4, 0.5) is 0 Å². The van der Waals surface area contributed by atoms with Crippen LogP contribution >= 0.6 is 0 Å². The number of nitrogens with one attached hydrogen (secondary N) is 1. The minimum absolute atomic E-state index is 0.0209. The van der Waals surface area contributed by atoms with Gasteiger partial charge in [0.25, 0.3) is 11.5 Å². The standard InChI is InChI=1S/C25H26N6O3/c1-17-9-11-18(12-10-17)14-31-24-22(28-29-31)25(33)27-23(26-24)19-6-5-13-30(15-19)21(32)16-34-20-7-3-2-4-8-20/h2-4,7-12,19H,5-6,13-16H2,1H3,(H,26,27,33). The van der Waals surface area contributed by atoms with Gasteiger partial charge in [0.05, 0.1) is 6.54 Å². The highest BCUT2D eigenvalue weighted by Crippen LogP contribution is 2.25. The van der Waals surface area contributed by atoms with Crippen molar-refractivity contribution in [3.63, 3.8) is 0 Å². The van der Waals surface area contributed by atoms with Crippen LogP contribution in [0.3, 0.4) is 0 Å². The second-order valence-electron chi connectivity index (χ2n) is 8.64. The van der Waals surface area contributed by atoms with Crippen molar-refractivity contribution in [1.82, 2.24) is 29.9 Å². The lowest BCUT2D eigenvalue weighted by Crippen LogP contribution is -2.42. The fraction of sp³-hybridized carbons (Fsp3) is 0.320. The molecule has 1 fully saturated rings. The van der Waals surface area contributed by atoms with E-state index in [1.54, 1.807) is 9.58 Å². The molecule has 0 bridgehead atoms. The monoisotopic (exact) mass is 458 g/mol. The van der Waals surface area contributed by atoms with E-state index in [0.717, 1.165) is 18.4 Å². The highest BCUT2D eigenvalue weighted by Gasteiger charge is 2.27. The highest BCUT2D eigenvalue weighted by atomic mass is 16.5. The number of aryl methyl sites for hydroxylation is 1. The molecule has 1 atom stereocenters. The fourth-order valence-corrected chi connectivity index (χ4v) is 4.23. The lowest BCUT2D eigenvalue weighted by Gasteiger charge is -2.32. The van der Waals surface area contributed by atoms with Gasteiger partial charge in [0.15, 0.2) is 17.8 Å². The Balaban J connectivity index is 1.33. The van der Waals surface area contributed by atoms with Crippen LogP contribution in [0, 0.1) is 6.92 Å². The first kappa shape index (κ1) is 21.8. The number of H-pyrrole nitrogens is 1. The molecule has 4 aromatic rings. The third kappa shape index (κ3) is 4.68. The summed E-state index contributed by atoms with van der Waals surface area (Å²) in [6.45, 7) is 3.62. The van der Waals surface area contributed by atoms with Gasteiger partial charge in [-0.05, 0) is 37.5 Å². The number of aromatic amines is 1. The van der Waals surface area contributed by atoms with E-state index in [0.29, 0.717) is 36.9 Å². The Kier molecular flexibility index (Phi) is 6.07. The van der Waals surface area contributed by atoms with Gasteiger partial charge in [0, 0.05) is 19.0 Å². The molecule has 34 heavy (non-hydrogen) atoms. The number of piperidine rings is 1. The molecule has 1 amide bonds. The molecule has 9 nitrogen and oxygen atoms in total. The Morgan fingerprint density at radius 1 is 1.15 bits per heavy atom. The topological polar surface area (TPSA) is 106 Å². The van der Waals surface area contributed by atoms with Gasteiger partial charge in [0.2, 0.25) is 0 Å². The van der Waals surface area contributed by atoms with Gasteiger partial charge in [0.1, 0.15) is 11.6 Å². The van der Waals surface area contributed by atoms with E-state index >= 15 is 0 Å². The van der Waals surface area contributed by atoms with Crippen molar-refractivity contribution in [1.29, 1.82) is 0 Å². The van der Waals surface area contributed by atoms with Gasteiger partial charge in [-0.2, -0.15) is 0 Å². The second-order valence-corrected chi connectivity index (χ2v) is 8.64. The summed E-state index contributed by atoms with van der Waals surface area (Å²) in [5.41, 5.74) is 2.58. The molecule has 5 rings (SSSR count). The maximum Gasteiger partial charge on any atom is 0.281 e. The number of nitrogens with zero attached hydrogens (tertiary/aromatic N) is 5. The fourth-order valence-electron chi connectivity index (χ4n) is 4.23. The molecule has 0 spiro atoms. The molecule has 1 saturated heterocycles. The molecule has 0 saturated carbocycles. The lowest BCUT2D eigenvalue weighted by atomic mass is 9.97. The van der Waals surface area contributed by atoms with E-state index in [9.17, 15) is 9.59 Å². The van der Waals surface area contributed by atoms with E-state index in [1.807, 2.05) is 61.5 Å². The molecule has 3 heterocycles. The zero-order chi connectivity index (χ0) is 23.5. The summed E-state index contributed by atoms with van der Waals surface area (Å²) in [7, 11) is 0. The molecule has 9 heteroatoms. The number of aromatic nitrogens is 5. The first-order chi connectivity index (χ1) is 16.6. The van der Waals surface area contributed by atoms with Gasteiger partial charge in [-0.25, -0.2) is 9.67 Å². The molecule has 174 valence electrons. The number of ether oxygens (including phenoxy) is 1. The smallest absolute Gasteiger partial charge is 0.281 e. The van der Waals surface area contributed by atoms with Crippen molar-refractivity contribution in [2.24, 2.45) is 0 Å². The van der Waals surface area contributed by atoms with Gasteiger partial charge in [-0.15, -0.1) is 5.10 Å². The number of carbonyl (C=O) groups excluding carboxylic acids is 1. The minimum atomic E-state index is -0.314. The van der Waals surface area contributed by atoms with Crippen LogP contribution in [-0.2, 0) is 11.3 Å². The van der Waals surface area contributed by atoms with Crippen molar-refractivity contribution in [2.75, 3.05) is 19.7 Å². The van der Waals surface area contributed by atoms with Gasteiger partial charge in [-0.3, -0.25) is 9.59 Å². The minimum Gasteiger partial charge on any atom is -0.484 e. The molecule has 1 aliphatic heterocycles. The summed E-state index contributed by atoms with van der Waals surface area (Å²) in [4.78, 5) is 34.9. The second kappa shape index (κ2) is 9.46. The molecule has 1 unspecified atom stereocenters. The summed E-state index contributed by atoms with van der Waals surface area (Å²) in [5, 5.41) is 8.20. The number of rotatable bonds is 6. The Hall–Kier alpha value is -4.01. The number of amides is 1. The summed E-state index contributed by atoms with van der Waals surface area (Å²) >= 11 is 0. The number of fused-ring (bicyclic) bond motifs is 1. The number of para-hydroxylation sites is 1. The van der Waals surface area contributed by atoms with Crippen molar-refractivity contribution in [3.8, 4) is 5.75 Å². The molecular formula is C25H26N6O3. The lowest BCUT2D eigenvalue weighted by molar-refractivity contribution is -0.134. The number of hydrogen-bond donors (Lipinski definition) is 1. The number of likely N-dealkylation sites (tertiary alicyclic amines) is 1. The van der Waals surface area contributed by atoms with Crippen LogP contribution in [0.1, 0.15) is 35.7 Å². The average molecular weight is 459 g/mol. The Morgan fingerprint density at radius 2 is 1.94 bits per heavy atom. The van der Waals surface area contributed by atoms with E-state index in [4.69, 9.17) is 9.72 Å². The van der Waals surface area contributed by atoms with Gasteiger partial charge < -0.3 is 14.6 Å². The molecule has 1 aliphatic rings. The first-order valence-corrected chi connectivity index (χ1v) is 11.4. The maximum absolute atomic E-state index is 12.8. The van der Waals surface area contributed by atoms with E-state index in [-0.39, 0.29) is 29.5 Å². The van der Waals surface area contributed by atoms with Crippen LogP contribution in [0.25, 0.3) is 11.2 Å².